The number of nitrogens with zero attached hydrogens (tertiary/aromatic N) is 5. The summed E-state index contributed by atoms with van der Waals surface area (Å²) in [7, 11) is 1.94. The predicted molar refractivity (Wildman–Crippen MR) is 122 cm³/mol. The van der Waals surface area contributed by atoms with E-state index in [1.807, 2.05) is 60.2 Å². The number of nitriles is 1. The molecule has 0 aliphatic heterocycles. The fraction of sp³-hybridized carbons (Fsp3) is 0.250. The van der Waals surface area contributed by atoms with Crippen LogP contribution in [-0.4, -0.2) is 35.5 Å². The van der Waals surface area contributed by atoms with E-state index in [2.05, 4.69) is 23.2 Å². The van der Waals surface area contributed by atoms with Crippen molar-refractivity contribution in [3.05, 3.63) is 83.6 Å². The molecule has 0 saturated heterocycles. The lowest BCUT2D eigenvalue weighted by Gasteiger charge is -2.29. The van der Waals surface area contributed by atoms with Crippen molar-refractivity contribution < 1.29 is 4.79 Å². The second kappa shape index (κ2) is 10.2. The van der Waals surface area contributed by atoms with Crippen LogP contribution in [0.5, 0.6) is 0 Å². The van der Waals surface area contributed by atoms with Gasteiger partial charge in [-0.15, -0.1) is 0 Å². The minimum absolute atomic E-state index is 0.0232. The van der Waals surface area contributed by atoms with Gasteiger partial charge >= 0.3 is 0 Å². The Morgan fingerprint density at radius 1 is 1.13 bits per heavy atom. The van der Waals surface area contributed by atoms with Crippen LogP contribution in [0.15, 0.2) is 66.9 Å². The Kier molecular flexibility index (Phi) is 7.17. The van der Waals surface area contributed by atoms with Gasteiger partial charge in [0.25, 0.3) is 0 Å². The summed E-state index contributed by atoms with van der Waals surface area (Å²) in [4.78, 5) is 24.5. The third-order valence-electron chi connectivity index (χ3n) is 5.04. The summed E-state index contributed by atoms with van der Waals surface area (Å²) in [5.41, 5.74) is 8.01. The predicted octanol–water partition coefficient (Wildman–Crippen LogP) is 3.17. The molecule has 1 heterocycles. The lowest BCUT2D eigenvalue weighted by molar-refractivity contribution is 0.1000. The number of amides is 1. The van der Waals surface area contributed by atoms with Crippen molar-refractivity contribution in [1.29, 1.82) is 5.26 Å². The molecule has 0 saturated carbocycles. The van der Waals surface area contributed by atoms with Crippen molar-refractivity contribution in [2.24, 2.45) is 5.73 Å². The molecule has 1 aromatic heterocycles. The molecule has 7 nitrogen and oxygen atoms in total. The van der Waals surface area contributed by atoms with Crippen LogP contribution in [0.2, 0.25) is 0 Å². The Labute approximate surface area is 182 Å². The number of hydrogen-bond donors (Lipinski definition) is 1. The van der Waals surface area contributed by atoms with E-state index in [9.17, 15) is 10.1 Å². The monoisotopic (exact) mass is 414 g/mol. The minimum atomic E-state index is -0.453. The molecule has 3 aromatic rings. The number of nitrogens with two attached hydrogens (primary N) is 1. The number of primary amides is 1. The summed E-state index contributed by atoms with van der Waals surface area (Å²) in [6.07, 6.45) is 2.35. The van der Waals surface area contributed by atoms with Gasteiger partial charge in [-0.1, -0.05) is 42.5 Å². The van der Waals surface area contributed by atoms with Gasteiger partial charge in [-0.05, 0) is 42.7 Å². The maximum absolute atomic E-state index is 11.5. The third kappa shape index (κ3) is 5.80. The highest BCUT2D eigenvalue weighted by atomic mass is 16.1. The van der Waals surface area contributed by atoms with Gasteiger partial charge in [0, 0.05) is 31.4 Å². The molecule has 1 amide bonds. The number of hydrogen-bond acceptors (Lipinski definition) is 6. The standard InChI is InChI=1S/C24H26N6O/c1-18(15-20-9-6-10-21(16-20)23(26)31)30(14-12-25)22-11-13-27-24(28-22)29(2)17-19-7-4-3-5-8-19/h3-11,13,16,18H,14-15,17H2,1-2H3,(H2,26,31)/t18-/m1/s1. The van der Waals surface area contributed by atoms with Crippen LogP contribution in [0.3, 0.4) is 0 Å². The molecule has 0 radical (unpaired) electrons. The van der Waals surface area contributed by atoms with Crippen LogP contribution in [0, 0.1) is 11.3 Å². The van der Waals surface area contributed by atoms with Gasteiger partial charge in [0.2, 0.25) is 11.9 Å². The molecule has 0 spiro atoms. The SMILES string of the molecule is C[C@H](Cc1cccc(C(N)=O)c1)N(CC#N)c1ccnc(N(C)Cc2ccccc2)n1. The van der Waals surface area contributed by atoms with E-state index in [1.54, 1.807) is 18.3 Å². The molecule has 0 fully saturated rings. The molecular weight excluding hydrogens is 388 g/mol. The van der Waals surface area contributed by atoms with Gasteiger partial charge in [0.1, 0.15) is 12.4 Å². The van der Waals surface area contributed by atoms with Gasteiger partial charge in [-0.2, -0.15) is 10.2 Å². The molecule has 1 atom stereocenters. The van der Waals surface area contributed by atoms with Gasteiger partial charge in [0.15, 0.2) is 0 Å². The zero-order valence-electron chi connectivity index (χ0n) is 17.8. The number of rotatable bonds is 9. The molecular formula is C24H26N6O. The van der Waals surface area contributed by atoms with Crippen molar-refractivity contribution in [3.63, 3.8) is 0 Å². The van der Waals surface area contributed by atoms with Gasteiger partial charge in [-0.3, -0.25) is 4.79 Å². The maximum atomic E-state index is 11.5. The number of carbonyl (C=O) groups excluding carboxylic acids is 1. The molecule has 7 heteroatoms. The average Bonchev–Trinajstić information content (AvgIpc) is 2.78. The fourth-order valence-electron chi connectivity index (χ4n) is 3.45. The highest BCUT2D eigenvalue weighted by Crippen LogP contribution is 2.20. The Morgan fingerprint density at radius 2 is 1.87 bits per heavy atom. The van der Waals surface area contributed by atoms with E-state index in [0.29, 0.717) is 30.3 Å². The van der Waals surface area contributed by atoms with E-state index < -0.39 is 5.91 Å². The first-order valence-corrected chi connectivity index (χ1v) is 10.1. The zero-order valence-corrected chi connectivity index (χ0v) is 17.8. The summed E-state index contributed by atoms with van der Waals surface area (Å²) in [5.74, 6) is 0.822. The number of benzene rings is 2. The number of aromatic nitrogens is 2. The van der Waals surface area contributed by atoms with Gasteiger partial charge < -0.3 is 15.5 Å². The van der Waals surface area contributed by atoms with Crippen LogP contribution >= 0.6 is 0 Å². The van der Waals surface area contributed by atoms with E-state index in [-0.39, 0.29) is 12.6 Å². The Hall–Kier alpha value is -3.92. The Bertz CT molecular complexity index is 1060. The fourth-order valence-corrected chi connectivity index (χ4v) is 3.45. The van der Waals surface area contributed by atoms with Gasteiger partial charge in [-0.25, -0.2) is 4.98 Å². The topological polar surface area (TPSA) is 99.1 Å². The highest BCUT2D eigenvalue weighted by Gasteiger charge is 2.18. The van der Waals surface area contributed by atoms with Crippen LogP contribution in [0.4, 0.5) is 11.8 Å². The summed E-state index contributed by atoms with van der Waals surface area (Å²) in [5, 5.41) is 9.40. The quantitative estimate of drug-likeness (QED) is 0.540. The van der Waals surface area contributed by atoms with Crippen LogP contribution in [0.25, 0.3) is 0 Å². The number of anilines is 2. The van der Waals surface area contributed by atoms with Crippen molar-refractivity contribution >= 4 is 17.7 Å². The summed E-state index contributed by atoms with van der Waals surface area (Å²) >= 11 is 0. The van der Waals surface area contributed by atoms with Crippen molar-refractivity contribution in [2.75, 3.05) is 23.4 Å². The lowest BCUT2D eigenvalue weighted by atomic mass is 10.0. The van der Waals surface area contributed by atoms with Crippen LogP contribution < -0.4 is 15.5 Å². The van der Waals surface area contributed by atoms with Crippen molar-refractivity contribution in [3.8, 4) is 6.07 Å². The second-order valence-corrected chi connectivity index (χ2v) is 7.46. The molecule has 0 bridgehead atoms. The van der Waals surface area contributed by atoms with E-state index >= 15 is 0 Å². The molecule has 158 valence electrons. The normalized spacial score (nSPS) is 11.4. The summed E-state index contributed by atoms with van der Waals surface area (Å²) in [6, 6.07) is 21.4. The lowest BCUT2D eigenvalue weighted by Crippen LogP contribution is -2.36. The third-order valence-corrected chi connectivity index (χ3v) is 5.04. The molecule has 2 N–H and O–H groups in total. The Morgan fingerprint density at radius 3 is 2.58 bits per heavy atom. The van der Waals surface area contributed by atoms with E-state index in [0.717, 1.165) is 11.1 Å². The molecule has 2 aromatic carbocycles. The largest absolute Gasteiger partial charge is 0.366 e. The van der Waals surface area contributed by atoms with Crippen LogP contribution in [-0.2, 0) is 13.0 Å². The zero-order chi connectivity index (χ0) is 22.2. The Balaban J connectivity index is 1.79. The average molecular weight is 415 g/mol. The molecule has 3 rings (SSSR count). The highest BCUT2D eigenvalue weighted by molar-refractivity contribution is 5.92. The first kappa shape index (κ1) is 21.8. The van der Waals surface area contributed by atoms with Crippen molar-refractivity contribution in [2.45, 2.75) is 25.9 Å². The minimum Gasteiger partial charge on any atom is -0.366 e. The first-order chi connectivity index (χ1) is 15.0. The first-order valence-electron chi connectivity index (χ1n) is 10.1. The smallest absolute Gasteiger partial charge is 0.248 e. The maximum Gasteiger partial charge on any atom is 0.248 e. The second-order valence-electron chi connectivity index (χ2n) is 7.46. The van der Waals surface area contributed by atoms with Crippen molar-refractivity contribution in [1.82, 2.24) is 9.97 Å². The van der Waals surface area contributed by atoms with E-state index in [1.165, 1.54) is 0 Å². The molecule has 0 aliphatic rings. The van der Waals surface area contributed by atoms with Crippen LogP contribution in [0.1, 0.15) is 28.4 Å². The van der Waals surface area contributed by atoms with E-state index in [4.69, 9.17) is 10.7 Å². The van der Waals surface area contributed by atoms with Gasteiger partial charge in [0.05, 0.1) is 6.07 Å². The summed E-state index contributed by atoms with van der Waals surface area (Å²) in [6.45, 7) is 2.90. The number of carbonyl (C=O) groups is 1. The molecule has 31 heavy (non-hydrogen) atoms. The molecule has 0 unspecified atom stereocenters. The molecule has 0 aliphatic carbocycles. The summed E-state index contributed by atoms with van der Waals surface area (Å²) < 4.78 is 0.